The van der Waals surface area contributed by atoms with E-state index < -0.39 is 11.1 Å². The van der Waals surface area contributed by atoms with Crippen molar-refractivity contribution in [1.82, 2.24) is 9.71 Å². The Labute approximate surface area is 205 Å². The van der Waals surface area contributed by atoms with Crippen LogP contribution < -0.4 is 24.2 Å². The molecule has 10 heteroatoms. The minimum absolute atomic E-state index is 0.280. The minimum atomic E-state index is -0.555. The number of fused-ring (bicyclic) bond motifs is 1. The molecule has 35 heavy (non-hydrogen) atoms. The first kappa shape index (κ1) is 24.0. The average molecular weight is 494 g/mol. The van der Waals surface area contributed by atoms with Crippen LogP contribution in [0.3, 0.4) is 0 Å². The van der Waals surface area contributed by atoms with Gasteiger partial charge in [-0.05, 0) is 61.0 Å². The molecule has 0 aliphatic heterocycles. The molecule has 0 fully saturated rings. The number of benzene rings is 3. The summed E-state index contributed by atoms with van der Waals surface area (Å²) in [6.45, 7) is 1.99. The summed E-state index contributed by atoms with van der Waals surface area (Å²) in [4.78, 5) is 29.4. The molecule has 0 saturated heterocycles. The third-order valence-electron chi connectivity index (χ3n) is 5.07. The maximum Gasteiger partial charge on any atom is 0.329 e. The molecule has 0 atom stereocenters. The smallest absolute Gasteiger partial charge is 0.329 e. The van der Waals surface area contributed by atoms with Crippen LogP contribution >= 0.6 is 11.9 Å². The van der Waals surface area contributed by atoms with Gasteiger partial charge in [0, 0.05) is 28.8 Å². The van der Waals surface area contributed by atoms with Crippen LogP contribution in [0.2, 0.25) is 0 Å². The van der Waals surface area contributed by atoms with Gasteiger partial charge >= 0.3 is 6.03 Å². The summed E-state index contributed by atoms with van der Waals surface area (Å²) in [5, 5.41) is 2.28. The molecular weight excluding hydrogens is 470 g/mol. The molecule has 9 nitrogen and oxygen atoms in total. The van der Waals surface area contributed by atoms with Gasteiger partial charge in [0.05, 0.1) is 21.3 Å². The Morgan fingerprint density at radius 1 is 0.914 bits per heavy atom. The maximum atomic E-state index is 12.6. The fraction of sp³-hybridized carbons (Fsp3) is 0.160. The van der Waals surface area contributed by atoms with Crippen LogP contribution in [0.1, 0.15) is 15.9 Å². The first-order valence-electron chi connectivity index (χ1n) is 10.5. The fourth-order valence-electron chi connectivity index (χ4n) is 3.36. The standard InChI is InChI=1S/C25H23N3O6S/c1-14-5-10-18-19(11-14)34-23(27-18)15-6-8-17(9-7-15)26-25(30)28-35-24(29)16-12-20(31-2)22(33-4)21(13-16)32-3/h5-13H,1-4H3,(H2,26,28,30). The topological polar surface area (TPSA) is 112 Å². The van der Waals surface area contributed by atoms with E-state index in [4.69, 9.17) is 18.6 Å². The van der Waals surface area contributed by atoms with Gasteiger partial charge in [-0.3, -0.25) is 9.52 Å². The molecule has 1 heterocycles. The van der Waals surface area contributed by atoms with Crippen LogP contribution in [0.4, 0.5) is 10.5 Å². The molecule has 0 bridgehead atoms. The molecule has 0 unspecified atom stereocenters. The van der Waals surface area contributed by atoms with Crippen LogP contribution in [-0.2, 0) is 0 Å². The van der Waals surface area contributed by atoms with Crippen molar-refractivity contribution in [1.29, 1.82) is 0 Å². The van der Waals surface area contributed by atoms with Crippen LogP contribution in [0.25, 0.3) is 22.6 Å². The van der Waals surface area contributed by atoms with E-state index in [0.29, 0.717) is 40.8 Å². The number of amides is 2. The summed E-state index contributed by atoms with van der Waals surface area (Å²) in [5.74, 6) is 1.55. The highest BCUT2D eigenvalue weighted by molar-refractivity contribution is 8.12. The van der Waals surface area contributed by atoms with E-state index in [0.717, 1.165) is 22.2 Å². The van der Waals surface area contributed by atoms with E-state index >= 15 is 0 Å². The number of oxazole rings is 1. The molecule has 2 amide bonds. The number of rotatable bonds is 6. The summed E-state index contributed by atoms with van der Waals surface area (Å²) in [5.41, 5.74) is 4.18. The summed E-state index contributed by atoms with van der Waals surface area (Å²) < 4.78 is 24.1. The van der Waals surface area contributed by atoms with Crippen LogP contribution in [0, 0.1) is 6.92 Å². The zero-order valence-electron chi connectivity index (χ0n) is 19.5. The van der Waals surface area contributed by atoms with E-state index in [1.807, 2.05) is 25.1 Å². The third-order valence-corrected chi connectivity index (χ3v) is 5.78. The second-order valence-electron chi connectivity index (χ2n) is 7.43. The number of aryl methyl sites for hydroxylation is 1. The first-order chi connectivity index (χ1) is 16.9. The minimum Gasteiger partial charge on any atom is -0.493 e. The van der Waals surface area contributed by atoms with Crippen molar-refractivity contribution in [2.24, 2.45) is 0 Å². The van der Waals surface area contributed by atoms with Crippen LogP contribution in [-0.4, -0.2) is 37.5 Å². The number of ether oxygens (including phenoxy) is 3. The summed E-state index contributed by atoms with van der Waals surface area (Å²) in [7, 11) is 4.39. The Kier molecular flexibility index (Phi) is 7.11. The highest BCUT2D eigenvalue weighted by Crippen LogP contribution is 2.38. The zero-order chi connectivity index (χ0) is 24.9. The molecule has 0 spiro atoms. The Morgan fingerprint density at radius 3 is 2.23 bits per heavy atom. The molecule has 3 aromatic carbocycles. The van der Waals surface area contributed by atoms with E-state index in [9.17, 15) is 9.59 Å². The monoisotopic (exact) mass is 493 g/mol. The fourth-order valence-corrected chi connectivity index (χ4v) is 3.83. The lowest BCUT2D eigenvalue weighted by Gasteiger charge is -2.13. The van der Waals surface area contributed by atoms with Crippen molar-refractivity contribution in [3.63, 3.8) is 0 Å². The molecule has 4 aromatic rings. The number of hydrogen-bond donors (Lipinski definition) is 2. The van der Waals surface area contributed by atoms with Gasteiger partial charge in [-0.25, -0.2) is 9.78 Å². The number of methoxy groups -OCH3 is 3. The van der Waals surface area contributed by atoms with E-state index in [2.05, 4.69) is 15.0 Å². The Balaban J connectivity index is 1.37. The number of anilines is 1. The molecule has 0 aliphatic carbocycles. The highest BCUT2D eigenvalue weighted by atomic mass is 32.2. The van der Waals surface area contributed by atoms with Crippen LogP contribution in [0.5, 0.6) is 17.2 Å². The van der Waals surface area contributed by atoms with Crippen LogP contribution in [0.15, 0.2) is 59.0 Å². The van der Waals surface area contributed by atoms with E-state index in [-0.39, 0.29) is 5.56 Å². The average Bonchev–Trinajstić information content (AvgIpc) is 3.29. The van der Waals surface area contributed by atoms with Crippen molar-refractivity contribution in [2.45, 2.75) is 6.92 Å². The van der Waals surface area contributed by atoms with Gasteiger partial charge in [0.15, 0.2) is 17.1 Å². The van der Waals surface area contributed by atoms with Gasteiger partial charge in [0.1, 0.15) is 5.52 Å². The highest BCUT2D eigenvalue weighted by Gasteiger charge is 2.18. The van der Waals surface area contributed by atoms with Crippen molar-refractivity contribution in [3.8, 4) is 28.7 Å². The van der Waals surface area contributed by atoms with Gasteiger partial charge in [-0.15, -0.1) is 0 Å². The Bertz CT molecular complexity index is 1360. The molecule has 2 N–H and O–H groups in total. The maximum absolute atomic E-state index is 12.6. The number of carbonyl (C=O) groups is 2. The molecule has 0 radical (unpaired) electrons. The van der Waals surface area contributed by atoms with E-state index in [1.54, 1.807) is 24.3 Å². The number of nitrogens with one attached hydrogen (secondary N) is 2. The molecule has 4 rings (SSSR count). The SMILES string of the molecule is COc1cc(C(=O)SNC(=O)Nc2ccc(-c3nc4ccc(C)cc4o3)cc2)cc(OC)c1OC. The van der Waals surface area contributed by atoms with Gasteiger partial charge < -0.3 is 23.9 Å². The van der Waals surface area contributed by atoms with Crippen molar-refractivity contribution >= 4 is 39.9 Å². The van der Waals surface area contributed by atoms with E-state index in [1.165, 1.54) is 33.5 Å². The molecular formula is C25H23N3O6S. The largest absolute Gasteiger partial charge is 0.493 e. The quantitative estimate of drug-likeness (QED) is 0.342. The van der Waals surface area contributed by atoms with Gasteiger partial charge in [-0.2, -0.15) is 0 Å². The van der Waals surface area contributed by atoms with Gasteiger partial charge in [0.25, 0.3) is 0 Å². The first-order valence-corrected chi connectivity index (χ1v) is 11.3. The number of hydrogen-bond acceptors (Lipinski definition) is 8. The number of nitrogens with zero attached hydrogens (tertiary/aromatic N) is 1. The predicted octanol–water partition coefficient (Wildman–Crippen LogP) is 5.44. The lowest BCUT2D eigenvalue weighted by molar-refractivity contribution is 0.108. The second-order valence-corrected chi connectivity index (χ2v) is 8.21. The predicted molar refractivity (Wildman–Crippen MR) is 134 cm³/mol. The Morgan fingerprint density at radius 2 is 1.60 bits per heavy atom. The van der Waals surface area contributed by atoms with Gasteiger partial charge in [0.2, 0.25) is 16.8 Å². The number of urea groups is 1. The lowest BCUT2D eigenvalue weighted by atomic mass is 10.2. The second kappa shape index (κ2) is 10.4. The zero-order valence-corrected chi connectivity index (χ0v) is 20.3. The normalized spacial score (nSPS) is 10.6. The molecule has 0 saturated carbocycles. The Hall–Kier alpha value is -4.18. The molecule has 1 aromatic heterocycles. The number of carbonyl (C=O) groups excluding carboxylic acids is 2. The lowest BCUT2D eigenvalue weighted by Crippen LogP contribution is -2.24. The van der Waals surface area contributed by atoms with Crippen molar-refractivity contribution in [3.05, 3.63) is 65.7 Å². The van der Waals surface area contributed by atoms with Crippen molar-refractivity contribution < 1.29 is 28.2 Å². The third kappa shape index (κ3) is 5.33. The number of aromatic nitrogens is 1. The molecule has 0 aliphatic rings. The van der Waals surface area contributed by atoms with Crippen molar-refractivity contribution in [2.75, 3.05) is 26.6 Å². The molecule has 180 valence electrons. The summed E-state index contributed by atoms with van der Waals surface area (Å²) in [6.07, 6.45) is 0. The summed E-state index contributed by atoms with van der Waals surface area (Å²) in [6, 6.07) is 15.3. The summed E-state index contributed by atoms with van der Waals surface area (Å²) >= 11 is 0.634. The van der Waals surface area contributed by atoms with Gasteiger partial charge in [-0.1, -0.05) is 6.07 Å².